The number of thiophene rings is 1. The van der Waals surface area contributed by atoms with Crippen molar-refractivity contribution in [2.24, 2.45) is 0 Å². The summed E-state index contributed by atoms with van der Waals surface area (Å²) >= 11 is 1.47. The number of morpholine rings is 1. The molecule has 0 aliphatic carbocycles. The molecule has 4 rings (SSSR count). The summed E-state index contributed by atoms with van der Waals surface area (Å²) < 4.78 is 11.2. The average molecular weight is 401 g/mol. The Hall–Kier alpha value is -2.45. The summed E-state index contributed by atoms with van der Waals surface area (Å²) in [5.74, 6) is 0.585. The molecule has 0 spiro atoms. The number of ether oxygens (including phenoxy) is 2. The van der Waals surface area contributed by atoms with Gasteiger partial charge in [-0.2, -0.15) is 0 Å². The van der Waals surface area contributed by atoms with Gasteiger partial charge in [-0.05, 0) is 17.5 Å². The quantitative estimate of drug-likeness (QED) is 0.786. The lowest BCUT2D eigenvalue weighted by atomic mass is 10.1. The van der Waals surface area contributed by atoms with E-state index in [1.807, 2.05) is 22.4 Å². The molecule has 0 bridgehead atoms. The second kappa shape index (κ2) is 8.70. The smallest absolute Gasteiger partial charge is 0.263 e. The maximum absolute atomic E-state index is 12.5. The topological polar surface area (TPSA) is 72.0 Å². The number of pyridine rings is 1. The van der Waals surface area contributed by atoms with Gasteiger partial charge in [-0.1, -0.05) is 6.07 Å². The number of likely N-dealkylation sites (tertiary alicyclic amines) is 1. The van der Waals surface area contributed by atoms with E-state index in [0.717, 1.165) is 17.7 Å². The maximum atomic E-state index is 12.5. The maximum Gasteiger partial charge on any atom is 0.263 e. The molecular formula is C20H23N3O4S. The van der Waals surface area contributed by atoms with Gasteiger partial charge < -0.3 is 19.3 Å². The predicted molar refractivity (Wildman–Crippen MR) is 105 cm³/mol. The van der Waals surface area contributed by atoms with Gasteiger partial charge >= 0.3 is 0 Å². The minimum atomic E-state index is -0.0252. The van der Waals surface area contributed by atoms with Crippen molar-refractivity contribution in [1.29, 1.82) is 0 Å². The first-order valence-corrected chi connectivity index (χ1v) is 10.4. The van der Waals surface area contributed by atoms with E-state index in [1.54, 1.807) is 23.2 Å². The van der Waals surface area contributed by atoms with E-state index in [2.05, 4.69) is 4.98 Å². The first-order valence-electron chi connectivity index (χ1n) is 9.53. The molecule has 2 fully saturated rings. The van der Waals surface area contributed by atoms with Crippen molar-refractivity contribution >= 4 is 23.2 Å². The summed E-state index contributed by atoms with van der Waals surface area (Å²) in [4.78, 5) is 33.6. The van der Waals surface area contributed by atoms with E-state index in [9.17, 15) is 9.59 Å². The molecule has 0 radical (unpaired) electrons. The molecule has 2 aliphatic heterocycles. The zero-order valence-corrected chi connectivity index (χ0v) is 16.4. The molecule has 2 saturated heterocycles. The molecule has 4 heterocycles. The van der Waals surface area contributed by atoms with Crippen LogP contribution in [0.4, 0.5) is 0 Å². The van der Waals surface area contributed by atoms with E-state index in [1.165, 1.54) is 11.3 Å². The van der Waals surface area contributed by atoms with E-state index < -0.39 is 0 Å². The molecule has 0 N–H and O–H groups in total. The highest BCUT2D eigenvalue weighted by Gasteiger charge is 2.25. The van der Waals surface area contributed by atoms with Crippen molar-refractivity contribution in [3.63, 3.8) is 0 Å². The minimum absolute atomic E-state index is 0.0252. The van der Waals surface area contributed by atoms with Crippen LogP contribution < -0.4 is 4.74 Å². The Labute approximate surface area is 167 Å². The molecule has 28 heavy (non-hydrogen) atoms. The fraction of sp³-hybridized carbons (Fsp3) is 0.450. The number of rotatable bonds is 4. The Morgan fingerprint density at radius 1 is 1.04 bits per heavy atom. The fourth-order valence-corrected chi connectivity index (χ4v) is 4.12. The lowest BCUT2D eigenvalue weighted by molar-refractivity contribution is 0.0302. The summed E-state index contributed by atoms with van der Waals surface area (Å²) in [6, 6.07) is 7.26. The second-order valence-corrected chi connectivity index (χ2v) is 7.82. The van der Waals surface area contributed by atoms with Crippen molar-refractivity contribution in [1.82, 2.24) is 14.8 Å². The molecule has 2 aromatic rings. The van der Waals surface area contributed by atoms with Crippen LogP contribution in [-0.2, 0) is 4.74 Å². The largest absolute Gasteiger partial charge is 0.474 e. The normalized spacial score (nSPS) is 18.1. The zero-order chi connectivity index (χ0) is 19.3. The lowest BCUT2D eigenvalue weighted by Crippen LogP contribution is -2.41. The van der Waals surface area contributed by atoms with Crippen molar-refractivity contribution in [3.05, 3.63) is 46.3 Å². The van der Waals surface area contributed by atoms with Crippen LogP contribution in [0.25, 0.3) is 0 Å². The van der Waals surface area contributed by atoms with Gasteiger partial charge in [0.15, 0.2) is 0 Å². The van der Waals surface area contributed by atoms with Crippen molar-refractivity contribution in [2.75, 3.05) is 39.4 Å². The number of amides is 2. The number of carbonyl (C=O) groups excluding carboxylic acids is 2. The molecule has 0 saturated carbocycles. The average Bonchev–Trinajstić information content (AvgIpc) is 3.29. The van der Waals surface area contributed by atoms with Gasteiger partial charge in [0.2, 0.25) is 5.88 Å². The number of carbonyl (C=O) groups is 2. The summed E-state index contributed by atoms with van der Waals surface area (Å²) in [5.41, 5.74) is 0.561. The molecule has 0 unspecified atom stereocenters. The first kappa shape index (κ1) is 18.9. The summed E-state index contributed by atoms with van der Waals surface area (Å²) in [6.07, 6.45) is 3.14. The summed E-state index contributed by atoms with van der Waals surface area (Å²) in [5, 5.41) is 1.92. The number of hydrogen-bond donors (Lipinski definition) is 0. The first-order chi connectivity index (χ1) is 13.7. The van der Waals surface area contributed by atoms with Gasteiger partial charge in [0.25, 0.3) is 11.8 Å². The number of piperidine rings is 1. The van der Waals surface area contributed by atoms with Gasteiger partial charge in [-0.3, -0.25) is 9.59 Å². The Bertz CT molecular complexity index is 795. The summed E-state index contributed by atoms with van der Waals surface area (Å²) in [7, 11) is 0. The third kappa shape index (κ3) is 4.34. The highest BCUT2D eigenvalue weighted by molar-refractivity contribution is 7.12. The van der Waals surface area contributed by atoms with Crippen LogP contribution in [0.3, 0.4) is 0 Å². The van der Waals surface area contributed by atoms with Crippen molar-refractivity contribution in [3.8, 4) is 5.88 Å². The van der Waals surface area contributed by atoms with Gasteiger partial charge in [0.1, 0.15) is 6.10 Å². The molecule has 148 valence electrons. The predicted octanol–water partition coefficient (Wildman–Crippen LogP) is 2.30. The number of aromatic nitrogens is 1. The van der Waals surface area contributed by atoms with Gasteiger partial charge in [0, 0.05) is 51.3 Å². The van der Waals surface area contributed by atoms with E-state index in [0.29, 0.717) is 50.8 Å². The van der Waals surface area contributed by atoms with Crippen molar-refractivity contribution < 1.29 is 19.1 Å². The van der Waals surface area contributed by atoms with Crippen LogP contribution in [0, 0.1) is 0 Å². The highest BCUT2D eigenvalue weighted by Crippen LogP contribution is 2.21. The Morgan fingerprint density at radius 3 is 2.43 bits per heavy atom. The third-order valence-electron chi connectivity index (χ3n) is 5.03. The molecule has 8 heteroatoms. The molecule has 2 amide bonds. The highest BCUT2D eigenvalue weighted by atomic mass is 32.1. The fourth-order valence-electron chi connectivity index (χ4n) is 3.43. The van der Waals surface area contributed by atoms with Gasteiger partial charge in [0.05, 0.1) is 23.7 Å². The summed E-state index contributed by atoms with van der Waals surface area (Å²) in [6.45, 7) is 3.73. The van der Waals surface area contributed by atoms with Crippen LogP contribution in [-0.4, -0.2) is 72.1 Å². The molecule has 7 nitrogen and oxygen atoms in total. The van der Waals surface area contributed by atoms with Gasteiger partial charge in [-0.25, -0.2) is 4.98 Å². The zero-order valence-electron chi connectivity index (χ0n) is 15.6. The molecule has 0 atom stereocenters. The van der Waals surface area contributed by atoms with E-state index in [-0.39, 0.29) is 17.9 Å². The van der Waals surface area contributed by atoms with Crippen LogP contribution in [0.2, 0.25) is 0 Å². The van der Waals surface area contributed by atoms with Crippen molar-refractivity contribution in [2.45, 2.75) is 18.9 Å². The van der Waals surface area contributed by atoms with E-state index >= 15 is 0 Å². The lowest BCUT2D eigenvalue weighted by Gasteiger charge is -2.31. The van der Waals surface area contributed by atoms with Crippen LogP contribution in [0.15, 0.2) is 35.8 Å². The standard InChI is InChI=1S/C20H23N3O4S/c24-19(23-9-11-26-12-10-23)15-3-4-18(21-14-15)27-16-5-7-22(8-6-16)20(25)17-2-1-13-28-17/h1-4,13-14,16H,5-12H2. The van der Waals surface area contributed by atoms with Crippen LogP contribution in [0.1, 0.15) is 32.9 Å². The van der Waals surface area contributed by atoms with Crippen LogP contribution in [0.5, 0.6) is 5.88 Å². The SMILES string of the molecule is O=C(c1ccc(OC2CCN(C(=O)c3cccs3)CC2)nc1)N1CCOCC1. The van der Waals surface area contributed by atoms with E-state index in [4.69, 9.17) is 9.47 Å². The molecular weight excluding hydrogens is 378 g/mol. The monoisotopic (exact) mass is 401 g/mol. The Balaban J connectivity index is 1.28. The third-order valence-corrected chi connectivity index (χ3v) is 5.89. The van der Waals surface area contributed by atoms with Crippen LogP contribution >= 0.6 is 11.3 Å². The van der Waals surface area contributed by atoms with Gasteiger partial charge in [-0.15, -0.1) is 11.3 Å². The molecule has 0 aromatic carbocycles. The minimum Gasteiger partial charge on any atom is -0.474 e. The Morgan fingerprint density at radius 2 is 1.79 bits per heavy atom. The Kier molecular flexibility index (Phi) is 5.87. The molecule has 2 aliphatic rings. The molecule has 2 aromatic heterocycles. The second-order valence-electron chi connectivity index (χ2n) is 6.88. The number of hydrogen-bond acceptors (Lipinski definition) is 6. The number of nitrogens with zero attached hydrogens (tertiary/aromatic N) is 3.